The fourth-order valence-corrected chi connectivity index (χ4v) is 5.49. The van der Waals surface area contributed by atoms with E-state index in [2.05, 4.69) is 15.3 Å². The lowest BCUT2D eigenvalue weighted by Crippen LogP contribution is -2.38. The van der Waals surface area contributed by atoms with Gasteiger partial charge in [-0.3, -0.25) is 4.79 Å². The quantitative estimate of drug-likeness (QED) is 0.315. The van der Waals surface area contributed by atoms with E-state index in [0.29, 0.717) is 18.0 Å². The Kier molecular flexibility index (Phi) is 9.00. The van der Waals surface area contributed by atoms with Gasteiger partial charge in [0.15, 0.2) is 5.76 Å². The van der Waals surface area contributed by atoms with Gasteiger partial charge in [-0.2, -0.15) is 4.31 Å². The summed E-state index contributed by atoms with van der Waals surface area (Å²) < 4.78 is 43.9. The third-order valence-corrected chi connectivity index (χ3v) is 7.94. The average molecular weight is 545 g/mol. The molecule has 1 aromatic heterocycles. The van der Waals surface area contributed by atoms with Gasteiger partial charge >= 0.3 is 0 Å². The summed E-state index contributed by atoms with van der Waals surface area (Å²) in [6.07, 6.45) is 1.52. The fourth-order valence-electron chi connectivity index (χ4n) is 4.08. The number of allylic oxidation sites excluding steroid dienone is 1. The molecule has 204 valence electrons. The third kappa shape index (κ3) is 6.70. The number of nitrogens with one attached hydrogen (secondary N) is 2. The largest absolute Gasteiger partial charge is 0.497 e. The van der Waals surface area contributed by atoms with E-state index >= 15 is 0 Å². The lowest BCUT2D eigenvalue weighted by atomic mass is 10.0. The Morgan fingerprint density at radius 2 is 1.97 bits per heavy atom. The summed E-state index contributed by atoms with van der Waals surface area (Å²) in [6, 6.07) is 13.6. The second-order valence-corrected chi connectivity index (χ2v) is 10.8. The number of aromatic nitrogens is 2. The number of ether oxygens (including phenoxy) is 3. The molecule has 0 saturated heterocycles. The summed E-state index contributed by atoms with van der Waals surface area (Å²) in [5.74, 6) is 0.920. The summed E-state index contributed by atoms with van der Waals surface area (Å²) in [7, 11) is -2.36. The first-order valence-electron chi connectivity index (χ1n) is 12.3. The molecule has 0 unspecified atom stereocenters. The number of methoxy groups -OCH3 is 1. The Morgan fingerprint density at radius 3 is 2.68 bits per heavy atom. The Balaban J connectivity index is 1.31. The van der Waals surface area contributed by atoms with E-state index in [4.69, 9.17) is 14.2 Å². The molecule has 4 rings (SSSR count). The molecule has 0 fully saturated rings. The molecule has 1 amide bonds. The van der Waals surface area contributed by atoms with Crippen LogP contribution in [-0.2, 0) is 30.8 Å². The molecule has 2 atom stereocenters. The zero-order chi connectivity index (χ0) is 27.1. The number of aliphatic hydroxyl groups excluding tert-OH is 1. The maximum atomic E-state index is 13.1. The zero-order valence-corrected chi connectivity index (χ0v) is 22.1. The molecule has 3 N–H and O–H groups in total. The van der Waals surface area contributed by atoms with Crippen molar-refractivity contribution in [2.45, 2.75) is 31.1 Å². The molecule has 1 aliphatic rings. The van der Waals surface area contributed by atoms with Gasteiger partial charge in [-0.05, 0) is 48.4 Å². The second-order valence-electron chi connectivity index (χ2n) is 8.85. The molecule has 1 aliphatic heterocycles. The van der Waals surface area contributed by atoms with Gasteiger partial charge in [0.05, 0.1) is 42.8 Å². The predicted molar refractivity (Wildman–Crippen MR) is 139 cm³/mol. The minimum Gasteiger partial charge on any atom is -0.497 e. The van der Waals surface area contributed by atoms with Crippen molar-refractivity contribution in [2.24, 2.45) is 5.92 Å². The van der Waals surface area contributed by atoms with Crippen molar-refractivity contribution >= 4 is 27.0 Å². The van der Waals surface area contributed by atoms with Gasteiger partial charge in [0, 0.05) is 19.5 Å². The molecule has 11 nitrogen and oxygen atoms in total. The van der Waals surface area contributed by atoms with Crippen molar-refractivity contribution in [3.05, 3.63) is 66.2 Å². The van der Waals surface area contributed by atoms with Crippen LogP contribution >= 0.6 is 0 Å². The number of carbonyl (C=O) groups is 1. The molecule has 0 spiro atoms. The Bertz CT molecular complexity index is 1340. The van der Waals surface area contributed by atoms with Crippen molar-refractivity contribution in [2.75, 3.05) is 33.4 Å². The normalized spacial score (nSPS) is 17.7. The number of hydrogen-bond donors (Lipinski definition) is 3. The monoisotopic (exact) mass is 544 g/mol. The number of para-hydroxylation sites is 2. The van der Waals surface area contributed by atoms with Crippen LogP contribution in [0.4, 0.5) is 0 Å². The number of nitrogens with zero attached hydrogens (tertiary/aromatic N) is 2. The predicted octanol–water partition coefficient (Wildman–Crippen LogP) is 2.15. The number of aliphatic hydroxyl groups is 1. The first kappa shape index (κ1) is 27.6. The molecule has 38 heavy (non-hydrogen) atoms. The van der Waals surface area contributed by atoms with Crippen LogP contribution in [0.15, 0.2) is 65.3 Å². The Hall–Kier alpha value is -3.45. The van der Waals surface area contributed by atoms with Crippen molar-refractivity contribution < 1.29 is 32.5 Å². The number of sulfonamides is 1. The molecule has 0 bridgehead atoms. The smallest absolute Gasteiger partial charge is 0.286 e. The van der Waals surface area contributed by atoms with Gasteiger partial charge in [-0.15, -0.1) is 0 Å². The van der Waals surface area contributed by atoms with Gasteiger partial charge < -0.3 is 29.6 Å². The van der Waals surface area contributed by atoms with Crippen LogP contribution in [0.25, 0.3) is 11.0 Å². The van der Waals surface area contributed by atoms with Crippen LogP contribution in [0.5, 0.6) is 5.75 Å². The van der Waals surface area contributed by atoms with Gasteiger partial charge in [0.1, 0.15) is 11.6 Å². The molecule has 0 aliphatic carbocycles. The van der Waals surface area contributed by atoms with Crippen LogP contribution in [0, 0.1) is 5.92 Å². The summed E-state index contributed by atoms with van der Waals surface area (Å²) in [4.78, 5) is 20.4. The fraction of sp³-hybridized carbons (Fsp3) is 0.385. The highest BCUT2D eigenvalue weighted by Gasteiger charge is 2.28. The van der Waals surface area contributed by atoms with Crippen molar-refractivity contribution in [1.29, 1.82) is 0 Å². The highest BCUT2D eigenvalue weighted by Crippen LogP contribution is 2.24. The standard InChI is InChI=1S/C26H32N4O7S/c1-18-15-23(26(32)27-17-24-28-21-5-3-4-6-22(21)29-24)37-25(16-18)36-14-12-30(11-13-31)38(33,34)20-9-7-19(35-2)8-10-20/h3-10,15,18,25,31H,11-14,16-17H2,1-2H3,(H,27,32)(H,28,29)/t18-,25+/m1/s1. The van der Waals surface area contributed by atoms with E-state index < -0.39 is 22.2 Å². The van der Waals surface area contributed by atoms with Gasteiger partial charge in [-0.1, -0.05) is 19.1 Å². The van der Waals surface area contributed by atoms with Gasteiger partial charge in [0.2, 0.25) is 16.3 Å². The van der Waals surface area contributed by atoms with E-state index in [1.54, 1.807) is 18.2 Å². The maximum absolute atomic E-state index is 13.1. The number of imidazole rings is 1. The number of H-pyrrole nitrogens is 1. The first-order valence-corrected chi connectivity index (χ1v) is 13.7. The van der Waals surface area contributed by atoms with E-state index in [1.807, 2.05) is 31.2 Å². The summed E-state index contributed by atoms with van der Waals surface area (Å²) in [6.45, 7) is 1.73. The van der Waals surface area contributed by atoms with E-state index in [0.717, 1.165) is 15.3 Å². The SMILES string of the molecule is COc1ccc(S(=O)(=O)N(CCO)CCO[C@@H]2C[C@H](C)C=C(C(=O)NCc3nc4ccccc4[nH]3)O2)cc1. The minimum absolute atomic E-state index is 0.000457. The highest BCUT2D eigenvalue weighted by molar-refractivity contribution is 7.89. The summed E-state index contributed by atoms with van der Waals surface area (Å²) in [5, 5.41) is 12.2. The number of amides is 1. The molecule has 2 aromatic carbocycles. The van der Waals surface area contributed by atoms with Crippen molar-refractivity contribution in [1.82, 2.24) is 19.6 Å². The number of carbonyl (C=O) groups excluding carboxylic acids is 1. The molecule has 0 saturated carbocycles. The Morgan fingerprint density at radius 1 is 1.21 bits per heavy atom. The van der Waals surface area contributed by atoms with Crippen LogP contribution in [-0.4, -0.2) is 73.4 Å². The minimum atomic E-state index is -3.86. The number of fused-ring (bicyclic) bond motifs is 1. The number of hydrogen-bond acceptors (Lipinski definition) is 8. The highest BCUT2D eigenvalue weighted by atomic mass is 32.2. The van der Waals surface area contributed by atoms with Gasteiger partial charge in [0.25, 0.3) is 5.91 Å². The molecule has 3 aromatic rings. The van der Waals surface area contributed by atoms with Crippen LogP contribution < -0.4 is 10.1 Å². The lowest BCUT2D eigenvalue weighted by Gasteiger charge is -2.28. The number of benzene rings is 2. The first-order chi connectivity index (χ1) is 18.3. The third-order valence-electron chi connectivity index (χ3n) is 6.03. The molecule has 0 radical (unpaired) electrons. The maximum Gasteiger partial charge on any atom is 0.286 e. The summed E-state index contributed by atoms with van der Waals surface area (Å²) >= 11 is 0. The lowest BCUT2D eigenvalue weighted by molar-refractivity contribution is -0.148. The topological polar surface area (TPSA) is 143 Å². The molecular formula is C26H32N4O7S. The van der Waals surface area contributed by atoms with Gasteiger partial charge in [-0.25, -0.2) is 13.4 Å². The van der Waals surface area contributed by atoms with E-state index in [9.17, 15) is 18.3 Å². The van der Waals surface area contributed by atoms with Crippen molar-refractivity contribution in [3.63, 3.8) is 0 Å². The van der Waals surface area contributed by atoms with E-state index in [-0.39, 0.29) is 49.4 Å². The molecule has 12 heteroatoms. The molecular weight excluding hydrogens is 512 g/mol. The van der Waals surface area contributed by atoms with E-state index in [1.165, 1.54) is 19.2 Å². The number of rotatable bonds is 12. The second kappa shape index (κ2) is 12.4. The zero-order valence-electron chi connectivity index (χ0n) is 21.3. The Labute approximate surface area is 221 Å². The number of aromatic amines is 1. The van der Waals surface area contributed by atoms with Crippen molar-refractivity contribution in [3.8, 4) is 5.75 Å². The summed E-state index contributed by atoms with van der Waals surface area (Å²) in [5.41, 5.74) is 1.70. The average Bonchev–Trinajstić information content (AvgIpc) is 3.34. The van der Waals surface area contributed by atoms with Crippen LogP contribution in [0.2, 0.25) is 0 Å². The van der Waals surface area contributed by atoms with Crippen LogP contribution in [0.3, 0.4) is 0 Å². The van der Waals surface area contributed by atoms with Crippen LogP contribution in [0.1, 0.15) is 19.2 Å². The molecule has 2 heterocycles.